The van der Waals surface area contributed by atoms with Crippen molar-refractivity contribution in [1.29, 1.82) is 0 Å². The van der Waals surface area contributed by atoms with Gasteiger partial charge in [0.2, 0.25) is 11.8 Å². The van der Waals surface area contributed by atoms with E-state index in [0.717, 1.165) is 37.1 Å². The van der Waals surface area contributed by atoms with Crippen LogP contribution in [0.5, 0.6) is 0 Å². The summed E-state index contributed by atoms with van der Waals surface area (Å²) < 4.78 is 1.72. The molecule has 1 saturated carbocycles. The summed E-state index contributed by atoms with van der Waals surface area (Å²) in [4.78, 5) is 24.6. The molecule has 1 aromatic heterocycles. The maximum atomic E-state index is 12.6. The molecule has 132 valence electrons. The van der Waals surface area contributed by atoms with Crippen molar-refractivity contribution in [3.63, 3.8) is 0 Å². The van der Waals surface area contributed by atoms with Gasteiger partial charge in [-0.05, 0) is 18.8 Å². The van der Waals surface area contributed by atoms with Crippen molar-refractivity contribution in [2.24, 2.45) is 11.3 Å². The van der Waals surface area contributed by atoms with E-state index >= 15 is 0 Å². The first-order chi connectivity index (χ1) is 11.4. The summed E-state index contributed by atoms with van der Waals surface area (Å²) >= 11 is 0. The number of nitrogens with zero attached hydrogens (tertiary/aromatic N) is 3. The summed E-state index contributed by atoms with van der Waals surface area (Å²) in [5.41, 5.74) is 1.37. The minimum Gasteiger partial charge on any atom is -0.350 e. The third-order valence-electron chi connectivity index (χ3n) is 5.39. The van der Waals surface area contributed by atoms with Gasteiger partial charge in [0.1, 0.15) is 11.7 Å². The fourth-order valence-electron chi connectivity index (χ4n) is 3.80. The molecule has 0 spiro atoms. The lowest BCUT2D eigenvalue weighted by atomic mass is 9.75. The average Bonchev–Trinajstić information content (AvgIpc) is 2.95. The fourth-order valence-corrected chi connectivity index (χ4v) is 3.80. The number of carbonyl (C=O) groups excluding carboxylic acids is 2. The molecule has 0 aromatic carbocycles. The minimum atomic E-state index is -0.332. The first-order valence-corrected chi connectivity index (χ1v) is 8.91. The highest BCUT2D eigenvalue weighted by Gasteiger charge is 2.36. The van der Waals surface area contributed by atoms with E-state index in [2.05, 4.69) is 27.9 Å². The molecule has 1 aromatic rings. The molecule has 2 heterocycles. The number of amides is 2. The molecule has 1 aliphatic carbocycles. The predicted molar refractivity (Wildman–Crippen MR) is 88.8 cm³/mol. The standard InChI is InChI=1S/C17H27N5O2/c1-11(2)14-15(23)18-10-13-12(20-21-22(13)14)9-19-16(24)17(3)7-5-4-6-8-17/h11,14H,4-10H2,1-3H3,(H,18,23)(H,19,24). The minimum absolute atomic E-state index is 0.0206. The summed E-state index contributed by atoms with van der Waals surface area (Å²) in [6.45, 7) is 6.82. The summed E-state index contributed by atoms with van der Waals surface area (Å²) in [6, 6.07) is -0.332. The van der Waals surface area contributed by atoms with Crippen LogP contribution in [0, 0.1) is 11.3 Å². The number of hydrogen-bond acceptors (Lipinski definition) is 4. The molecular formula is C17H27N5O2. The molecule has 7 nitrogen and oxygen atoms in total. The van der Waals surface area contributed by atoms with E-state index in [4.69, 9.17) is 0 Å². The van der Waals surface area contributed by atoms with Crippen LogP contribution < -0.4 is 10.6 Å². The molecule has 2 N–H and O–H groups in total. The quantitative estimate of drug-likeness (QED) is 0.877. The Morgan fingerprint density at radius 3 is 2.75 bits per heavy atom. The van der Waals surface area contributed by atoms with E-state index in [1.807, 2.05) is 13.8 Å². The van der Waals surface area contributed by atoms with Gasteiger partial charge in [-0.15, -0.1) is 5.10 Å². The van der Waals surface area contributed by atoms with Crippen LogP contribution in [0.25, 0.3) is 0 Å². The van der Waals surface area contributed by atoms with Gasteiger partial charge in [-0.2, -0.15) is 0 Å². The second-order valence-electron chi connectivity index (χ2n) is 7.64. The molecule has 3 rings (SSSR count). The van der Waals surface area contributed by atoms with Crippen molar-refractivity contribution in [3.05, 3.63) is 11.4 Å². The van der Waals surface area contributed by atoms with Gasteiger partial charge in [0, 0.05) is 5.41 Å². The molecule has 0 bridgehead atoms. The van der Waals surface area contributed by atoms with Gasteiger partial charge >= 0.3 is 0 Å². The lowest BCUT2D eigenvalue weighted by Crippen LogP contribution is -2.42. The Morgan fingerprint density at radius 2 is 2.08 bits per heavy atom. The molecule has 0 saturated heterocycles. The highest BCUT2D eigenvalue weighted by molar-refractivity contribution is 5.82. The topological polar surface area (TPSA) is 88.9 Å². The van der Waals surface area contributed by atoms with E-state index in [0.29, 0.717) is 13.1 Å². The van der Waals surface area contributed by atoms with Crippen molar-refractivity contribution in [1.82, 2.24) is 25.6 Å². The predicted octanol–water partition coefficient (Wildman–Crippen LogP) is 1.69. The van der Waals surface area contributed by atoms with Gasteiger partial charge < -0.3 is 10.6 Å². The summed E-state index contributed by atoms with van der Waals surface area (Å²) in [6.07, 6.45) is 5.35. The molecule has 1 fully saturated rings. The van der Waals surface area contributed by atoms with Crippen LogP contribution in [0.15, 0.2) is 0 Å². The third-order valence-corrected chi connectivity index (χ3v) is 5.39. The average molecular weight is 333 g/mol. The highest BCUT2D eigenvalue weighted by atomic mass is 16.2. The molecule has 2 amide bonds. The summed E-state index contributed by atoms with van der Waals surface area (Å²) in [7, 11) is 0. The Labute approximate surface area is 142 Å². The molecule has 1 unspecified atom stereocenters. The molecule has 0 radical (unpaired) electrons. The molecule has 1 aliphatic heterocycles. The van der Waals surface area contributed by atoms with Crippen LogP contribution in [0.2, 0.25) is 0 Å². The lowest BCUT2D eigenvalue weighted by molar-refractivity contribution is -0.132. The third kappa shape index (κ3) is 3.03. The number of carbonyl (C=O) groups is 2. The van der Waals surface area contributed by atoms with E-state index in [9.17, 15) is 9.59 Å². The van der Waals surface area contributed by atoms with E-state index in [-0.39, 0.29) is 29.2 Å². The highest BCUT2D eigenvalue weighted by Crippen LogP contribution is 2.36. The molecule has 7 heteroatoms. The SMILES string of the molecule is CC(C)C1C(=O)NCc2c(CNC(=O)C3(C)CCCCC3)nnn21. The second-order valence-corrected chi connectivity index (χ2v) is 7.64. The number of nitrogens with one attached hydrogen (secondary N) is 2. The van der Waals surface area contributed by atoms with Gasteiger partial charge in [-0.25, -0.2) is 4.68 Å². The van der Waals surface area contributed by atoms with Crippen LogP contribution in [-0.4, -0.2) is 26.8 Å². The Balaban J connectivity index is 1.70. The zero-order valence-electron chi connectivity index (χ0n) is 14.8. The number of hydrogen-bond donors (Lipinski definition) is 2. The van der Waals surface area contributed by atoms with Crippen molar-refractivity contribution in [2.75, 3.05) is 0 Å². The van der Waals surface area contributed by atoms with Gasteiger partial charge in [0.05, 0.1) is 18.8 Å². The van der Waals surface area contributed by atoms with Crippen molar-refractivity contribution >= 4 is 11.8 Å². The van der Waals surface area contributed by atoms with Crippen LogP contribution in [0.1, 0.15) is 70.3 Å². The Kier molecular flexibility index (Phi) is 4.60. The van der Waals surface area contributed by atoms with Gasteiger partial charge in [-0.1, -0.05) is 45.2 Å². The summed E-state index contributed by atoms with van der Waals surface area (Å²) in [5, 5.41) is 14.3. The van der Waals surface area contributed by atoms with Gasteiger partial charge in [-0.3, -0.25) is 9.59 Å². The van der Waals surface area contributed by atoms with Gasteiger partial charge in [0.15, 0.2) is 0 Å². The fraction of sp³-hybridized carbons (Fsp3) is 0.765. The lowest BCUT2D eigenvalue weighted by Gasteiger charge is -2.32. The van der Waals surface area contributed by atoms with Crippen molar-refractivity contribution in [2.45, 2.75) is 72.0 Å². The van der Waals surface area contributed by atoms with E-state index in [1.54, 1.807) is 4.68 Å². The molecular weight excluding hydrogens is 306 g/mol. The Morgan fingerprint density at radius 1 is 1.38 bits per heavy atom. The maximum Gasteiger partial charge on any atom is 0.245 e. The van der Waals surface area contributed by atoms with E-state index < -0.39 is 0 Å². The summed E-state index contributed by atoms with van der Waals surface area (Å²) in [5.74, 6) is 0.214. The van der Waals surface area contributed by atoms with Crippen LogP contribution in [-0.2, 0) is 22.7 Å². The van der Waals surface area contributed by atoms with Crippen LogP contribution in [0.3, 0.4) is 0 Å². The molecule has 24 heavy (non-hydrogen) atoms. The first kappa shape index (κ1) is 16.9. The van der Waals surface area contributed by atoms with Gasteiger partial charge in [0.25, 0.3) is 0 Å². The largest absolute Gasteiger partial charge is 0.350 e. The maximum absolute atomic E-state index is 12.6. The normalized spacial score (nSPS) is 22.8. The number of fused-ring (bicyclic) bond motifs is 1. The van der Waals surface area contributed by atoms with Crippen molar-refractivity contribution in [3.8, 4) is 0 Å². The molecule has 1 atom stereocenters. The van der Waals surface area contributed by atoms with E-state index in [1.165, 1.54) is 6.42 Å². The van der Waals surface area contributed by atoms with Crippen molar-refractivity contribution < 1.29 is 9.59 Å². The molecule has 2 aliphatic rings. The number of aromatic nitrogens is 3. The van der Waals surface area contributed by atoms with Crippen LogP contribution in [0.4, 0.5) is 0 Å². The Hall–Kier alpha value is -1.92. The smallest absolute Gasteiger partial charge is 0.245 e. The number of rotatable bonds is 4. The zero-order valence-corrected chi connectivity index (χ0v) is 14.8. The first-order valence-electron chi connectivity index (χ1n) is 8.91. The van der Waals surface area contributed by atoms with Crippen LogP contribution >= 0.6 is 0 Å². The Bertz CT molecular complexity index is 631. The zero-order chi connectivity index (χ0) is 17.3. The second kappa shape index (κ2) is 6.53. The monoisotopic (exact) mass is 333 g/mol.